The molecule has 1 aliphatic rings. The average Bonchev–Trinajstić information content (AvgIpc) is 2.65. The summed E-state index contributed by atoms with van der Waals surface area (Å²) in [6, 6.07) is 6.02. The minimum atomic E-state index is -1.05. The van der Waals surface area contributed by atoms with Gasteiger partial charge in [-0.05, 0) is 24.5 Å². The Balaban J connectivity index is 1.82. The van der Waals surface area contributed by atoms with Crippen LogP contribution >= 0.6 is 0 Å². The summed E-state index contributed by atoms with van der Waals surface area (Å²) in [5, 5.41) is 5.12. The van der Waals surface area contributed by atoms with Gasteiger partial charge in [-0.1, -0.05) is 26.0 Å². The van der Waals surface area contributed by atoms with E-state index in [9.17, 15) is 19.2 Å². The van der Waals surface area contributed by atoms with Crippen LogP contribution in [-0.4, -0.2) is 49.6 Å². The summed E-state index contributed by atoms with van der Waals surface area (Å²) in [4.78, 5) is 47.7. The summed E-state index contributed by atoms with van der Waals surface area (Å²) in [6.07, 6.45) is -1.00. The first-order chi connectivity index (χ1) is 13.3. The molecule has 0 saturated carbocycles. The number of hydrogen-bond acceptors (Lipinski definition) is 7. The van der Waals surface area contributed by atoms with Crippen molar-refractivity contribution in [2.45, 2.75) is 38.8 Å². The van der Waals surface area contributed by atoms with Crippen molar-refractivity contribution in [3.05, 3.63) is 24.3 Å². The van der Waals surface area contributed by atoms with Crippen LogP contribution in [0.5, 0.6) is 5.75 Å². The van der Waals surface area contributed by atoms with Crippen LogP contribution in [0.15, 0.2) is 24.3 Å². The van der Waals surface area contributed by atoms with E-state index in [-0.39, 0.29) is 12.3 Å². The lowest BCUT2D eigenvalue weighted by Crippen LogP contribution is -2.44. The lowest BCUT2D eigenvalue weighted by molar-refractivity contribution is -0.152. The molecule has 2 atom stereocenters. The number of amides is 2. The van der Waals surface area contributed by atoms with Crippen LogP contribution in [0.3, 0.4) is 0 Å². The van der Waals surface area contributed by atoms with Crippen molar-refractivity contribution in [2.24, 2.45) is 5.92 Å². The summed E-state index contributed by atoms with van der Waals surface area (Å²) in [5.41, 5.74) is 0.524. The Morgan fingerprint density at radius 2 is 1.96 bits per heavy atom. The van der Waals surface area contributed by atoms with Gasteiger partial charge >= 0.3 is 11.9 Å². The van der Waals surface area contributed by atoms with Crippen molar-refractivity contribution < 1.29 is 33.4 Å². The lowest BCUT2D eigenvalue weighted by atomic mass is 10.0. The number of fused-ring (bicyclic) bond motifs is 1. The highest BCUT2D eigenvalue weighted by atomic mass is 16.5. The van der Waals surface area contributed by atoms with Crippen molar-refractivity contribution in [1.82, 2.24) is 5.32 Å². The van der Waals surface area contributed by atoms with Crippen LogP contribution in [0.2, 0.25) is 0 Å². The normalized spacial score (nSPS) is 16.3. The maximum absolute atomic E-state index is 12.0. The third kappa shape index (κ3) is 5.97. The lowest BCUT2D eigenvalue weighted by Gasteiger charge is -2.25. The minimum absolute atomic E-state index is 0.150. The second kappa shape index (κ2) is 9.72. The van der Waals surface area contributed by atoms with Gasteiger partial charge in [0.1, 0.15) is 11.8 Å². The van der Waals surface area contributed by atoms with Gasteiger partial charge in [-0.15, -0.1) is 0 Å². The zero-order valence-electron chi connectivity index (χ0n) is 16.0. The molecule has 0 saturated heterocycles. The standard InChI is InChI=1S/C19H24N2O7/c1-11(2)8-13(19(25)26-3)20-16(22)10-27-17(23)9-15-18(24)21-12-6-4-5-7-14(12)28-15/h4-7,11,13,15H,8-10H2,1-3H3,(H,20,22)(H,21,24)/t13-,15-/m0/s1. The van der Waals surface area contributed by atoms with Crippen LogP contribution in [-0.2, 0) is 28.7 Å². The number of hydrogen-bond donors (Lipinski definition) is 2. The molecule has 0 unspecified atom stereocenters. The van der Waals surface area contributed by atoms with E-state index in [1.807, 2.05) is 13.8 Å². The van der Waals surface area contributed by atoms with E-state index in [1.165, 1.54) is 7.11 Å². The maximum atomic E-state index is 12.0. The highest BCUT2D eigenvalue weighted by Crippen LogP contribution is 2.29. The van der Waals surface area contributed by atoms with Gasteiger partial charge in [-0.2, -0.15) is 0 Å². The van der Waals surface area contributed by atoms with E-state index in [2.05, 4.69) is 15.4 Å². The summed E-state index contributed by atoms with van der Waals surface area (Å²) in [5.74, 6) is -1.84. The summed E-state index contributed by atoms with van der Waals surface area (Å²) in [7, 11) is 1.23. The first-order valence-corrected chi connectivity index (χ1v) is 8.89. The summed E-state index contributed by atoms with van der Waals surface area (Å²) < 4.78 is 15.1. The van der Waals surface area contributed by atoms with Crippen LogP contribution in [0.25, 0.3) is 0 Å². The molecule has 2 amide bonds. The number of nitrogens with one attached hydrogen (secondary N) is 2. The fourth-order valence-electron chi connectivity index (χ4n) is 2.65. The van der Waals surface area contributed by atoms with E-state index >= 15 is 0 Å². The number of esters is 2. The molecule has 9 nitrogen and oxygen atoms in total. The topological polar surface area (TPSA) is 120 Å². The largest absolute Gasteiger partial charge is 0.478 e. The number of benzene rings is 1. The van der Waals surface area contributed by atoms with E-state index in [0.29, 0.717) is 17.9 Å². The van der Waals surface area contributed by atoms with Crippen molar-refractivity contribution >= 4 is 29.4 Å². The van der Waals surface area contributed by atoms with Crippen molar-refractivity contribution in [3.63, 3.8) is 0 Å². The van der Waals surface area contributed by atoms with Gasteiger partial charge in [-0.3, -0.25) is 14.4 Å². The number of methoxy groups -OCH3 is 1. The van der Waals surface area contributed by atoms with Crippen molar-refractivity contribution in [1.29, 1.82) is 0 Å². The molecule has 1 aromatic carbocycles. The van der Waals surface area contributed by atoms with Crippen molar-refractivity contribution in [3.8, 4) is 5.75 Å². The molecule has 0 radical (unpaired) electrons. The number of carbonyl (C=O) groups excluding carboxylic acids is 4. The van der Waals surface area contributed by atoms with Gasteiger partial charge in [0, 0.05) is 0 Å². The molecule has 0 aromatic heterocycles. The van der Waals surface area contributed by atoms with E-state index in [1.54, 1.807) is 24.3 Å². The Hall–Kier alpha value is -3.10. The smallest absolute Gasteiger partial charge is 0.328 e. The average molecular weight is 392 g/mol. The second-order valence-corrected chi connectivity index (χ2v) is 6.73. The van der Waals surface area contributed by atoms with Crippen LogP contribution < -0.4 is 15.4 Å². The third-order valence-corrected chi connectivity index (χ3v) is 3.95. The number of carbonyl (C=O) groups is 4. The predicted molar refractivity (Wildman–Crippen MR) is 98.5 cm³/mol. The zero-order chi connectivity index (χ0) is 20.7. The molecule has 0 fully saturated rings. The Morgan fingerprint density at radius 1 is 1.25 bits per heavy atom. The Morgan fingerprint density at radius 3 is 2.64 bits per heavy atom. The summed E-state index contributed by atoms with van der Waals surface area (Å²) in [6.45, 7) is 3.22. The highest BCUT2D eigenvalue weighted by molar-refractivity contribution is 5.99. The van der Waals surface area contributed by atoms with E-state index in [4.69, 9.17) is 9.47 Å². The number of rotatable bonds is 8. The molecule has 2 N–H and O–H groups in total. The van der Waals surface area contributed by atoms with Gasteiger partial charge in [0.2, 0.25) is 0 Å². The minimum Gasteiger partial charge on any atom is -0.478 e. The summed E-state index contributed by atoms with van der Waals surface area (Å²) >= 11 is 0. The monoisotopic (exact) mass is 392 g/mol. The number of anilines is 1. The molecular formula is C19H24N2O7. The van der Waals surface area contributed by atoms with Gasteiger partial charge in [0.15, 0.2) is 12.7 Å². The molecule has 1 heterocycles. The molecule has 28 heavy (non-hydrogen) atoms. The van der Waals surface area contributed by atoms with E-state index < -0.39 is 42.5 Å². The molecule has 9 heteroatoms. The van der Waals surface area contributed by atoms with Crippen molar-refractivity contribution in [2.75, 3.05) is 19.0 Å². The Kier molecular flexibility index (Phi) is 7.36. The third-order valence-electron chi connectivity index (χ3n) is 3.95. The first-order valence-electron chi connectivity index (χ1n) is 8.89. The van der Waals surface area contributed by atoms with Gasteiger partial charge in [0.25, 0.3) is 11.8 Å². The van der Waals surface area contributed by atoms with Gasteiger partial charge < -0.3 is 24.8 Å². The molecule has 2 rings (SSSR count). The molecule has 0 spiro atoms. The Labute approximate surface area is 162 Å². The van der Waals surface area contributed by atoms with Crippen LogP contribution in [0.1, 0.15) is 26.7 Å². The maximum Gasteiger partial charge on any atom is 0.328 e. The molecule has 152 valence electrons. The molecule has 0 aliphatic carbocycles. The van der Waals surface area contributed by atoms with Gasteiger partial charge in [0.05, 0.1) is 19.2 Å². The van der Waals surface area contributed by atoms with Crippen LogP contribution in [0, 0.1) is 5.92 Å². The zero-order valence-corrected chi connectivity index (χ0v) is 16.0. The van der Waals surface area contributed by atoms with Crippen LogP contribution in [0.4, 0.5) is 5.69 Å². The first kappa shape index (κ1) is 21.2. The fourth-order valence-corrected chi connectivity index (χ4v) is 2.65. The van der Waals surface area contributed by atoms with Gasteiger partial charge in [-0.25, -0.2) is 4.79 Å². The molecular weight excluding hydrogens is 368 g/mol. The SMILES string of the molecule is COC(=O)[C@H](CC(C)C)NC(=O)COC(=O)C[C@@H]1Oc2ccccc2NC1=O. The number of ether oxygens (including phenoxy) is 3. The quantitative estimate of drug-likeness (QED) is 0.634. The second-order valence-electron chi connectivity index (χ2n) is 6.73. The predicted octanol–water partition coefficient (Wildman–Crippen LogP) is 1.02. The van der Waals surface area contributed by atoms with E-state index in [0.717, 1.165) is 0 Å². The fraction of sp³-hybridized carbons (Fsp3) is 0.474. The Bertz CT molecular complexity index is 748. The molecule has 0 bridgehead atoms. The molecule has 1 aromatic rings. The molecule has 1 aliphatic heterocycles. The number of para-hydroxylation sites is 2. The highest BCUT2D eigenvalue weighted by Gasteiger charge is 2.30.